The first-order valence-electron chi connectivity index (χ1n) is 10.2. The molecule has 0 N–H and O–H groups in total. The van der Waals surface area contributed by atoms with Gasteiger partial charge in [-0.1, -0.05) is 46.3 Å². The molecule has 0 aliphatic carbocycles. The van der Waals surface area contributed by atoms with Crippen LogP contribution in [-0.2, 0) is 0 Å². The molecule has 2 aliphatic rings. The van der Waals surface area contributed by atoms with E-state index in [9.17, 15) is 0 Å². The zero-order chi connectivity index (χ0) is 20.7. The highest BCUT2D eigenvalue weighted by Gasteiger charge is 2.41. The van der Waals surface area contributed by atoms with Crippen molar-refractivity contribution in [2.24, 2.45) is 5.10 Å². The molecule has 0 radical (unpaired) electrons. The molecule has 3 aromatic carbocycles. The third kappa shape index (κ3) is 3.58. The number of nitrogens with zero attached hydrogens (tertiary/aromatic N) is 2. The van der Waals surface area contributed by atoms with E-state index in [1.807, 2.05) is 44.2 Å². The van der Waals surface area contributed by atoms with E-state index >= 15 is 0 Å². The van der Waals surface area contributed by atoms with Crippen molar-refractivity contribution in [2.45, 2.75) is 38.6 Å². The van der Waals surface area contributed by atoms with Crippen molar-refractivity contribution in [3.63, 3.8) is 0 Å². The molecule has 2 aliphatic heterocycles. The fourth-order valence-electron chi connectivity index (χ4n) is 4.07. The van der Waals surface area contributed by atoms with Crippen LogP contribution in [0.4, 0.5) is 0 Å². The third-order valence-electron chi connectivity index (χ3n) is 5.40. The normalized spacial score (nSPS) is 19.7. The smallest absolute Gasteiger partial charge is 0.213 e. The average molecular weight is 463 g/mol. The summed E-state index contributed by atoms with van der Waals surface area (Å²) in [5.41, 5.74) is 4.46. The Hall–Kier alpha value is -2.79. The quantitative estimate of drug-likeness (QED) is 0.444. The molecular formula is C25H23BrN2O2. The first-order valence-corrected chi connectivity index (χ1v) is 11.0. The molecule has 30 heavy (non-hydrogen) atoms. The molecule has 2 heterocycles. The summed E-state index contributed by atoms with van der Waals surface area (Å²) in [4.78, 5) is 0. The lowest BCUT2D eigenvalue weighted by atomic mass is 9.96. The molecule has 0 amide bonds. The summed E-state index contributed by atoms with van der Waals surface area (Å²) in [6.07, 6.45) is 0.716. The summed E-state index contributed by atoms with van der Waals surface area (Å²) < 4.78 is 13.3. The molecule has 0 fully saturated rings. The number of halogens is 1. The number of ether oxygens (including phenoxy) is 2. The van der Waals surface area contributed by atoms with Gasteiger partial charge in [0.25, 0.3) is 0 Å². The van der Waals surface area contributed by atoms with E-state index in [1.165, 1.54) is 0 Å². The van der Waals surface area contributed by atoms with E-state index in [-0.39, 0.29) is 18.4 Å². The number of fused-ring (bicyclic) bond motifs is 3. The summed E-state index contributed by atoms with van der Waals surface area (Å²) >= 11 is 3.61. The van der Waals surface area contributed by atoms with Crippen LogP contribution in [0.2, 0.25) is 0 Å². The Labute approximate surface area is 185 Å². The van der Waals surface area contributed by atoms with Crippen LogP contribution in [0.3, 0.4) is 0 Å². The van der Waals surface area contributed by atoms with E-state index in [0.717, 1.165) is 44.8 Å². The molecule has 0 spiro atoms. The second kappa shape index (κ2) is 7.80. The predicted octanol–water partition coefficient (Wildman–Crippen LogP) is 6.48. The Bertz CT molecular complexity index is 1080. The number of benzene rings is 3. The molecule has 0 unspecified atom stereocenters. The summed E-state index contributed by atoms with van der Waals surface area (Å²) in [6, 6.07) is 24.9. The monoisotopic (exact) mass is 462 g/mol. The molecule has 2 atom stereocenters. The van der Waals surface area contributed by atoms with E-state index in [2.05, 4.69) is 63.4 Å². The maximum absolute atomic E-state index is 6.45. The van der Waals surface area contributed by atoms with Gasteiger partial charge in [-0.3, -0.25) is 0 Å². The molecular weight excluding hydrogens is 440 g/mol. The van der Waals surface area contributed by atoms with Gasteiger partial charge in [-0.25, -0.2) is 5.01 Å². The third-order valence-corrected chi connectivity index (χ3v) is 5.89. The maximum atomic E-state index is 6.45. The zero-order valence-corrected chi connectivity index (χ0v) is 18.5. The van der Waals surface area contributed by atoms with Crippen LogP contribution < -0.4 is 9.47 Å². The van der Waals surface area contributed by atoms with Crippen molar-refractivity contribution < 1.29 is 9.47 Å². The van der Waals surface area contributed by atoms with Crippen LogP contribution in [0.25, 0.3) is 0 Å². The van der Waals surface area contributed by atoms with Crippen LogP contribution in [-0.4, -0.2) is 16.8 Å². The van der Waals surface area contributed by atoms with E-state index in [4.69, 9.17) is 14.6 Å². The zero-order valence-electron chi connectivity index (χ0n) is 17.0. The fraction of sp³-hybridized carbons (Fsp3) is 0.240. The largest absolute Gasteiger partial charge is 0.491 e. The first kappa shape index (κ1) is 19.2. The summed E-state index contributed by atoms with van der Waals surface area (Å²) in [5, 5.41) is 7.12. The maximum Gasteiger partial charge on any atom is 0.213 e. The second-order valence-electron chi connectivity index (χ2n) is 7.90. The van der Waals surface area contributed by atoms with Gasteiger partial charge >= 0.3 is 0 Å². The van der Waals surface area contributed by atoms with Crippen LogP contribution in [0.5, 0.6) is 11.5 Å². The van der Waals surface area contributed by atoms with Gasteiger partial charge in [0.2, 0.25) is 6.23 Å². The van der Waals surface area contributed by atoms with Crippen molar-refractivity contribution in [1.29, 1.82) is 0 Å². The van der Waals surface area contributed by atoms with Crippen LogP contribution in [0.15, 0.2) is 82.4 Å². The number of hydrazone groups is 1. The van der Waals surface area contributed by atoms with Crippen LogP contribution >= 0.6 is 15.9 Å². The summed E-state index contributed by atoms with van der Waals surface area (Å²) in [7, 11) is 0. The highest BCUT2D eigenvalue weighted by atomic mass is 79.9. The topological polar surface area (TPSA) is 34.1 Å². The van der Waals surface area contributed by atoms with E-state index < -0.39 is 0 Å². The minimum atomic E-state index is -0.280. The first-order chi connectivity index (χ1) is 14.6. The number of rotatable bonds is 4. The molecule has 0 saturated heterocycles. The predicted molar refractivity (Wildman–Crippen MR) is 122 cm³/mol. The Morgan fingerprint density at radius 2 is 1.80 bits per heavy atom. The van der Waals surface area contributed by atoms with E-state index in [0.29, 0.717) is 0 Å². The molecule has 152 valence electrons. The summed E-state index contributed by atoms with van der Waals surface area (Å²) in [5.74, 6) is 1.77. The van der Waals surface area contributed by atoms with Gasteiger partial charge in [0.05, 0.1) is 17.9 Å². The van der Waals surface area contributed by atoms with Gasteiger partial charge in [-0.15, -0.1) is 0 Å². The van der Waals surface area contributed by atoms with E-state index in [1.54, 1.807) is 0 Å². The van der Waals surface area contributed by atoms with Crippen LogP contribution in [0.1, 0.15) is 49.2 Å². The molecule has 5 heteroatoms. The lowest BCUT2D eigenvalue weighted by molar-refractivity contribution is -0.0191. The van der Waals surface area contributed by atoms with Crippen molar-refractivity contribution in [3.05, 3.63) is 94.0 Å². The SMILES string of the molecule is CC(C)Oc1ccc([C@H]2Oc3ccc(Br)cc3[C@@H]3CC(c4ccccc4)=NN23)cc1. The molecule has 0 aromatic heterocycles. The van der Waals surface area contributed by atoms with Gasteiger partial charge in [-0.2, -0.15) is 5.10 Å². The van der Waals surface area contributed by atoms with Gasteiger partial charge in [0.1, 0.15) is 11.5 Å². The van der Waals surface area contributed by atoms with Gasteiger partial charge < -0.3 is 9.47 Å². The fourth-order valence-corrected chi connectivity index (χ4v) is 4.45. The lowest BCUT2D eigenvalue weighted by Gasteiger charge is -2.38. The highest BCUT2D eigenvalue weighted by Crippen LogP contribution is 2.48. The van der Waals surface area contributed by atoms with Gasteiger partial charge in [0, 0.05) is 22.0 Å². The Balaban J connectivity index is 1.53. The lowest BCUT2D eigenvalue weighted by Crippen LogP contribution is -2.33. The molecule has 0 bridgehead atoms. The van der Waals surface area contributed by atoms with Gasteiger partial charge in [0.15, 0.2) is 0 Å². The highest BCUT2D eigenvalue weighted by molar-refractivity contribution is 9.10. The average Bonchev–Trinajstić information content (AvgIpc) is 3.20. The van der Waals surface area contributed by atoms with Crippen LogP contribution in [0, 0.1) is 0 Å². The number of hydrogen-bond donors (Lipinski definition) is 0. The second-order valence-corrected chi connectivity index (χ2v) is 8.82. The number of hydrogen-bond acceptors (Lipinski definition) is 4. The molecule has 4 nitrogen and oxygen atoms in total. The molecule has 5 rings (SSSR count). The minimum Gasteiger partial charge on any atom is -0.491 e. The van der Waals surface area contributed by atoms with Crippen molar-refractivity contribution in [2.75, 3.05) is 0 Å². The Morgan fingerprint density at radius 1 is 1.03 bits per heavy atom. The molecule has 3 aromatic rings. The minimum absolute atomic E-state index is 0.137. The Morgan fingerprint density at radius 3 is 2.53 bits per heavy atom. The summed E-state index contributed by atoms with van der Waals surface area (Å²) in [6.45, 7) is 4.06. The standard InChI is InChI=1S/C25H23BrN2O2/c1-16(2)29-20-11-8-18(9-12-20)25-28-23(21-14-19(26)10-13-24(21)30-25)15-22(27-28)17-6-4-3-5-7-17/h3-14,16,23,25H,15H2,1-2H3/t23-,25+/m0/s1. The van der Waals surface area contributed by atoms with Crippen molar-refractivity contribution in [1.82, 2.24) is 5.01 Å². The van der Waals surface area contributed by atoms with Crippen molar-refractivity contribution >= 4 is 21.6 Å². The van der Waals surface area contributed by atoms with Crippen molar-refractivity contribution in [3.8, 4) is 11.5 Å². The van der Waals surface area contributed by atoms with Gasteiger partial charge in [-0.05, 0) is 61.9 Å². The molecule has 0 saturated carbocycles. The Kier molecular flexibility index (Phi) is 4.99.